The number of fused-ring (bicyclic) bond motifs is 3. The maximum atomic E-state index is 14.3. The van der Waals surface area contributed by atoms with Crippen molar-refractivity contribution < 1.29 is 4.57 Å². The van der Waals surface area contributed by atoms with E-state index in [-0.39, 0.29) is 0 Å². The highest BCUT2D eigenvalue weighted by atomic mass is 31.2. The molecule has 0 unspecified atom stereocenters. The monoisotopic (exact) mass is 352 g/mol. The van der Waals surface area contributed by atoms with Gasteiger partial charge in [0.15, 0.2) is 7.14 Å². The highest BCUT2D eigenvalue weighted by Crippen LogP contribution is 2.51. The van der Waals surface area contributed by atoms with E-state index >= 15 is 0 Å². The molecule has 1 heterocycles. The van der Waals surface area contributed by atoms with Crippen molar-refractivity contribution in [2.45, 2.75) is 0 Å². The average Bonchev–Trinajstić information content (AvgIpc) is 2.99. The van der Waals surface area contributed by atoms with E-state index in [2.05, 4.69) is 36.4 Å². The van der Waals surface area contributed by atoms with Crippen molar-refractivity contribution in [2.24, 2.45) is 0 Å². The molecule has 4 aromatic rings. The van der Waals surface area contributed by atoms with Gasteiger partial charge in [-0.25, -0.2) is 0 Å². The molecule has 26 heavy (non-hydrogen) atoms. The largest absolute Gasteiger partial charge is 0.309 e. The number of benzene rings is 4. The normalized spacial score (nSPS) is 13.8. The summed E-state index contributed by atoms with van der Waals surface area (Å²) in [6.07, 6.45) is 0. The lowest BCUT2D eigenvalue weighted by molar-refractivity contribution is 0.593. The van der Waals surface area contributed by atoms with Crippen molar-refractivity contribution in [3.8, 4) is 22.3 Å². The predicted octanol–water partition coefficient (Wildman–Crippen LogP) is 4.97. The third-order valence-electron chi connectivity index (χ3n) is 5.11. The van der Waals surface area contributed by atoms with E-state index in [1.165, 1.54) is 5.56 Å². The van der Waals surface area contributed by atoms with Gasteiger partial charge in [-0.1, -0.05) is 103 Å². The molecule has 0 saturated heterocycles. The van der Waals surface area contributed by atoms with Gasteiger partial charge < -0.3 is 4.57 Å². The Labute approximate surface area is 153 Å². The summed E-state index contributed by atoms with van der Waals surface area (Å²) in [7, 11) is -2.81. The summed E-state index contributed by atoms with van der Waals surface area (Å²) in [5.41, 5.74) is 4.50. The van der Waals surface area contributed by atoms with Crippen molar-refractivity contribution in [1.29, 1.82) is 0 Å². The zero-order chi connectivity index (χ0) is 17.6. The number of hydrogen-bond acceptors (Lipinski definition) is 1. The van der Waals surface area contributed by atoms with Crippen molar-refractivity contribution in [1.82, 2.24) is 0 Å². The first-order chi connectivity index (χ1) is 12.8. The summed E-state index contributed by atoms with van der Waals surface area (Å²) in [5, 5.41) is 2.80. The molecular weight excluding hydrogens is 335 g/mol. The first-order valence-electron chi connectivity index (χ1n) is 8.74. The van der Waals surface area contributed by atoms with E-state index in [0.717, 1.165) is 32.6 Å². The standard InChI is InChI=1S/C24H17OP/c25-26(20-16-14-19(15-17-20)18-8-2-1-3-9-18)23-12-6-4-10-21(23)22-11-5-7-13-24(22)26/h1-17H. The highest BCUT2D eigenvalue weighted by Gasteiger charge is 2.39. The quantitative estimate of drug-likeness (QED) is 0.410. The Morgan fingerprint density at radius 2 is 0.923 bits per heavy atom. The molecule has 0 bridgehead atoms. The third-order valence-corrected chi connectivity index (χ3v) is 8.28. The van der Waals surface area contributed by atoms with Crippen molar-refractivity contribution in [2.75, 3.05) is 0 Å². The summed E-state index contributed by atoms with van der Waals surface area (Å²) < 4.78 is 14.3. The van der Waals surface area contributed by atoms with Gasteiger partial charge in [0.2, 0.25) is 0 Å². The van der Waals surface area contributed by atoms with Crippen molar-refractivity contribution in [3.63, 3.8) is 0 Å². The van der Waals surface area contributed by atoms with Gasteiger partial charge in [-0.05, 0) is 22.3 Å². The van der Waals surface area contributed by atoms with Crippen LogP contribution in [0.25, 0.3) is 22.3 Å². The molecule has 0 radical (unpaired) electrons. The molecule has 0 spiro atoms. The van der Waals surface area contributed by atoms with E-state index in [4.69, 9.17) is 0 Å². The van der Waals surface area contributed by atoms with E-state index in [1.54, 1.807) is 0 Å². The Hall–Kier alpha value is -2.89. The molecule has 1 nitrogen and oxygen atoms in total. The molecule has 1 aliphatic heterocycles. The van der Waals surface area contributed by atoms with Gasteiger partial charge >= 0.3 is 0 Å². The zero-order valence-corrected chi connectivity index (χ0v) is 15.1. The molecular formula is C24H17OP. The molecule has 0 fully saturated rings. The average molecular weight is 352 g/mol. The van der Waals surface area contributed by atoms with Crippen LogP contribution >= 0.6 is 7.14 Å². The number of rotatable bonds is 2. The second kappa shape index (κ2) is 5.83. The van der Waals surface area contributed by atoms with E-state index < -0.39 is 7.14 Å². The molecule has 124 valence electrons. The van der Waals surface area contributed by atoms with Crippen LogP contribution in [0.1, 0.15) is 0 Å². The molecule has 5 rings (SSSR count). The second-order valence-electron chi connectivity index (χ2n) is 6.56. The lowest BCUT2D eigenvalue weighted by atomic mass is 10.1. The highest BCUT2D eigenvalue weighted by molar-refractivity contribution is 7.86. The van der Waals surface area contributed by atoms with Gasteiger partial charge in [0.25, 0.3) is 0 Å². The van der Waals surface area contributed by atoms with Crippen LogP contribution in [0.15, 0.2) is 103 Å². The Bertz CT molecular complexity index is 1090. The van der Waals surface area contributed by atoms with E-state index in [0.29, 0.717) is 0 Å². The molecule has 0 aromatic heterocycles. The summed E-state index contributed by atoms with van der Waals surface area (Å²) in [6, 6.07) is 34.7. The molecule has 0 amide bonds. The lowest BCUT2D eigenvalue weighted by Gasteiger charge is -2.16. The Balaban J connectivity index is 1.69. The minimum atomic E-state index is -2.81. The number of hydrogen-bond donors (Lipinski definition) is 0. The smallest absolute Gasteiger partial charge is 0.172 e. The van der Waals surface area contributed by atoms with Crippen LogP contribution in [0.5, 0.6) is 0 Å². The zero-order valence-electron chi connectivity index (χ0n) is 14.2. The van der Waals surface area contributed by atoms with Crippen LogP contribution in [-0.4, -0.2) is 0 Å². The molecule has 0 N–H and O–H groups in total. The minimum absolute atomic E-state index is 0.898. The minimum Gasteiger partial charge on any atom is -0.309 e. The van der Waals surface area contributed by atoms with Crippen LogP contribution in [-0.2, 0) is 4.57 Å². The van der Waals surface area contributed by atoms with Gasteiger partial charge in [0, 0.05) is 15.9 Å². The summed E-state index contributed by atoms with van der Waals surface area (Å²) in [6.45, 7) is 0. The van der Waals surface area contributed by atoms with Crippen LogP contribution < -0.4 is 15.9 Å². The Kier molecular flexibility index (Phi) is 3.45. The lowest BCUT2D eigenvalue weighted by Crippen LogP contribution is -2.20. The van der Waals surface area contributed by atoms with Crippen LogP contribution in [0, 0.1) is 0 Å². The Morgan fingerprint density at radius 1 is 0.462 bits per heavy atom. The molecule has 0 saturated carbocycles. The third kappa shape index (κ3) is 2.14. The van der Waals surface area contributed by atoms with Gasteiger partial charge in [0.05, 0.1) is 0 Å². The summed E-state index contributed by atoms with van der Waals surface area (Å²) >= 11 is 0. The first kappa shape index (κ1) is 15.4. The second-order valence-corrected chi connectivity index (χ2v) is 9.26. The van der Waals surface area contributed by atoms with Gasteiger partial charge in [-0.3, -0.25) is 0 Å². The fourth-order valence-corrected chi connectivity index (χ4v) is 6.90. The van der Waals surface area contributed by atoms with E-state index in [1.807, 2.05) is 66.7 Å². The molecule has 2 heteroatoms. The summed E-state index contributed by atoms with van der Waals surface area (Å²) in [4.78, 5) is 0. The fourth-order valence-electron chi connectivity index (χ4n) is 3.85. The van der Waals surface area contributed by atoms with Crippen LogP contribution in [0.4, 0.5) is 0 Å². The van der Waals surface area contributed by atoms with Crippen LogP contribution in [0.2, 0.25) is 0 Å². The van der Waals surface area contributed by atoms with Gasteiger partial charge in [-0.2, -0.15) is 0 Å². The summed E-state index contributed by atoms with van der Waals surface area (Å²) in [5.74, 6) is 0. The van der Waals surface area contributed by atoms with Crippen molar-refractivity contribution >= 4 is 23.1 Å². The maximum Gasteiger partial charge on any atom is 0.172 e. The molecule has 0 aliphatic carbocycles. The fraction of sp³-hybridized carbons (Fsp3) is 0. The molecule has 0 atom stereocenters. The topological polar surface area (TPSA) is 17.1 Å². The first-order valence-corrected chi connectivity index (χ1v) is 10.4. The molecule has 1 aliphatic rings. The van der Waals surface area contributed by atoms with Gasteiger partial charge in [-0.15, -0.1) is 0 Å². The molecule has 4 aromatic carbocycles. The van der Waals surface area contributed by atoms with Gasteiger partial charge in [0.1, 0.15) is 0 Å². The Morgan fingerprint density at radius 3 is 1.50 bits per heavy atom. The SMILES string of the molecule is O=P1(c2ccc(-c3ccccc3)cc2)c2ccccc2-c2ccccc21. The van der Waals surface area contributed by atoms with Crippen LogP contribution in [0.3, 0.4) is 0 Å². The maximum absolute atomic E-state index is 14.3. The predicted molar refractivity (Wildman–Crippen MR) is 110 cm³/mol. The van der Waals surface area contributed by atoms with Crippen molar-refractivity contribution in [3.05, 3.63) is 103 Å². The van der Waals surface area contributed by atoms with E-state index in [9.17, 15) is 4.57 Å².